The number of anilines is 1. The summed E-state index contributed by atoms with van der Waals surface area (Å²) in [5.41, 5.74) is 2.26. The molecular formula is C26H27FN2O5. The number of carbonyl (C=O) groups is 2. The predicted octanol–water partition coefficient (Wildman–Crippen LogP) is 5.12. The van der Waals surface area contributed by atoms with Crippen LogP contribution in [0, 0.1) is 12.7 Å². The minimum absolute atomic E-state index is 0.0432. The van der Waals surface area contributed by atoms with Crippen LogP contribution in [0.1, 0.15) is 29.2 Å². The average Bonchev–Trinajstić information content (AvgIpc) is 2.79. The van der Waals surface area contributed by atoms with E-state index in [1.54, 1.807) is 13.1 Å². The van der Waals surface area contributed by atoms with Gasteiger partial charge in [0.05, 0.1) is 25.3 Å². The van der Waals surface area contributed by atoms with E-state index in [2.05, 4.69) is 0 Å². The fraction of sp³-hybridized carbons (Fsp3) is 0.231. The Kier molecular flexibility index (Phi) is 7.73. The summed E-state index contributed by atoms with van der Waals surface area (Å²) in [4.78, 5) is 27.9. The van der Waals surface area contributed by atoms with Crippen molar-refractivity contribution in [3.63, 3.8) is 0 Å². The number of halogens is 1. The summed E-state index contributed by atoms with van der Waals surface area (Å²) in [5, 5.41) is 20.7. The number of methoxy groups -OCH3 is 1. The van der Waals surface area contributed by atoms with Gasteiger partial charge < -0.3 is 19.8 Å². The van der Waals surface area contributed by atoms with Gasteiger partial charge in [-0.25, -0.2) is 9.18 Å². The molecule has 0 saturated heterocycles. The second kappa shape index (κ2) is 10.7. The first-order chi connectivity index (χ1) is 16.2. The summed E-state index contributed by atoms with van der Waals surface area (Å²) in [6.45, 7) is 2.30. The SMILES string of the molecule is COc1ccc([C@H](CC(=O)N(C)Cc2ccc(C)cc2)N(C(=O)O)c2cccc(F)c2)c(O)c1. The first kappa shape index (κ1) is 24.6. The van der Waals surface area contributed by atoms with Crippen molar-refractivity contribution in [1.82, 2.24) is 4.90 Å². The number of carbonyl (C=O) groups excluding carboxylic acids is 1. The van der Waals surface area contributed by atoms with Gasteiger partial charge in [0.2, 0.25) is 5.91 Å². The van der Waals surface area contributed by atoms with E-state index in [1.807, 2.05) is 31.2 Å². The Hall–Kier alpha value is -4.07. The first-order valence-electron chi connectivity index (χ1n) is 10.6. The minimum Gasteiger partial charge on any atom is -0.507 e. The summed E-state index contributed by atoms with van der Waals surface area (Å²) >= 11 is 0. The molecule has 3 aromatic carbocycles. The lowest BCUT2D eigenvalue weighted by Gasteiger charge is -2.31. The first-order valence-corrected chi connectivity index (χ1v) is 10.6. The highest BCUT2D eigenvalue weighted by molar-refractivity contribution is 5.89. The lowest BCUT2D eigenvalue weighted by molar-refractivity contribution is -0.130. The monoisotopic (exact) mass is 466 g/mol. The molecule has 8 heteroatoms. The molecular weight excluding hydrogens is 439 g/mol. The van der Waals surface area contributed by atoms with E-state index < -0.39 is 18.0 Å². The maximum Gasteiger partial charge on any atom is 0.412 e. The topological polar surface area (TPSA) is 90.3 Å². The van der Waals surface area contributed by atoms with E-state index in [1.165, 1.54) is 42.3 Å². The second-order valence-electron chi connectivity index (χ2n) is 8.01. The van der Waals surface area contributed by atoms with E-state index in [0.29, 0.717) is 12.3 Å². The molecule has 0 spiro atoms. The molecule has 0 aliphatic rings. The number of carboxylic acid groups (broad SMARTS) is 1. The number of aryl methyl sites for hydroxylation is 1. The Morgan fingerprint density at radius 3 is 2.35 bits per heavy atom. The van der Waals surface area contributed by atoms with Gasteiger partial charge >= 0.3 is 6.09 Å². The quantitative estimate of drug-likeness (QED) is 0.481. The van der Waals surface area contributed by atoms with Gasteiger partial charge in [0.25, 0.3) is 0 Å². The minimum atomic E-state index is -1.39. The number of ether oxygens (including phenoxy) is 1. The number of benzene rings is 3. The van der Waals surface area contributed by atoms with Crippen molar-refractivity contribution in [1.29, 1.82) is 0 Å². The molecule has 3 aromatic rings. The Balaban J connectivity index is 1.97. The number of phenolic OH excluding ortho intramolecular Hbond substituents is 1. The summed E-state index contributed by atoms with van der Waals surface area (Å²) in [7, 11) is 3.06. The molecule has 0 saturated carbocycles. The Bertz CT molecular complexity index is 1170. The number of hydrogen-bond acceptors (Lipinski definition) is 4. The fourth-order valence-electron chi connectivity index (χ4n) is 3.70. The molecule has 2 N–H and O–H groups in total. The van der Waals surface area contributed by atoms with Crippen LogP contribution in [0.25, 0.3) is 0 Å². The van der Waals surface area contributed by atoms with Gasteiger partial charge in [0, 0.05) is 25.2 Å². The van der Waals surface area contributed by atoms with Crippen molar-refractivity contribution in [3.8, 4) is 11.5 Å². The van der Waals surface area contributed by atoms with Crippen molar-refractivity contribution in [2.45, 2.75) is 25.9 Å². The molecule has 0 heterocycles. The third kappa shape index (κ3) is 5.83. The van der Waals surface area contributed by atoms with Crippen molar-refractivity contribution in [2.75, 3.05) is 19.1 Å². The third-order valence-corrected chi connectivity index (χ3v) is 5.53. The summed E-state index contributed by atoms with van der Waals surface area (Å²) in [6, 6.07) is 16.1. The number of rotatable bonds is 8. The van der Waals surface area contributed by atoms with E-state index in [4.69, 9.17) is 4.74 Å². The second-order valence-corrected chi connectivity index (χ2v) is 8.01. The van der Waals surface area contributed by atoms with E-state index >= 15 is 0 Å². The molecule has 0 bridgehead atoms. The molecule has 0 radical (unpaired) electrons. The van der Waals surface area contributed by atoms with Gasteiger partial charge in [-0.3, -0.25) is 9.69 Å². The molecule has 2 amide bonds. The van der Waals surface area contributed by atoms with Crippen molar-refractivity contribution in [3.05, 3.63) is 89.2 Å². The number of amides is 2. The standard InChI is InChI=1S/C26H27FN2O5/c1-17-7-9-18(10-8-17)16-28(2)25(31)15-23(22-12-11-21(34-3)14-24(22)30)29(26(32)33)20-6-4-5-19(27)13-20/h4-14,23,30H,15-16H2,1-3H3,(H,32,33)/t23-/m0/s1. The van der Waals surface area contributed by atoms with Crippen LogP contribution in [0.2, 0.25) is 0 Å². The van der Waals surface area contributed by atoms with Crippen LogP contribution < -0.4 is 9.64 Å². The maximum absolute atomic E-state index is 13.9. The van der Waals surface area contributed by atoms with Gasteiger partial charge in [0.15, 0.2) is 0 Å². The lowest BCUT2D eigenvalue weighted by Crippen LogP contribution is -2.38. The zero-order chi connectivity index (χ0) is 24.8. The van der Waals surface area contributed by atoms with Crippen LogP contribution in [0.5, 0.6) is 11.5 Å². The number of hydrogen-bond donors (Lipinski definition) is 2. The van der Waals surface area contributed by atoms with Crippen molar-refractivity contribution >= 4 is 17.7 Å². The number of nitrogens with zero attached hydrogens (tertiary/aromatic N) is 2. The van der Waals surface area contributed by atoms with Gasteiger partial charge in [-0.1, -0.05) is 35.9 Å². The smallest absolute Gasteiger partial charge is 0.412 e. The van der Waals surface area contributed by atoms with Gasteiger partial charge in [-0.05, 0) is 42.8 Å². The number of phenols is 1. The Morgan fingerprint density at radius 1 is 1.06 bits per heavy atom. The van der Waals surface area contributed by atoms with Crippen LogP contribution in [0.3, 0.4) is 0 Å². The zero-order valence-electron chi connectivity index (χ0n) is 19.2. The molecule has 34 heavy (non-hydrogen) atoms. The summed E-state index contributed by atoms with van der Waals surface area (Å²) < 4.78 is 19.1. The maximum atomic E-state index is 13.9. The molecule has 0 unspecified atom stereocenters. The Morgan fingerprint density at radius 2 is 1.76 bits per heavy atom. The van der Waals surface area contributed by atoms with Crippen molar-refractivity contribution in [2.24, 2.45) is 0 Å². The molecule has 0 aromatic heterocycles. The van der Waals surface area contributed by atoms with Crippen LogP contribution in [-0.2, 0) is 11.3 Å². The van der Waals surface area contributed by atoms with Gasteiger partial charge in [-0.2, -0.15) is 0 Å². The highest BCUT2D eigenvalue weighted by Gasteiger charge is 2.32. The van der Waals surface area contributed by atoms with E-state index in [9.17, 15) is 24.2 Å². The highest BCUT2D eigenvalue weighted by Crippen LogP contribution is 2.37. The van der Waals surface area contributed by atoms with Crippen LogP contribution in [-0.4, -0.2) is 41.3 Å². The van der Waals surface area contributed by atoms with Crippen LogP contribution in [0.15, 0.2) is 66.7 Å². The van der Waals surface area contributed by atoms with Crippen molar-refractivity contribution < 1.29 is 28.9 Å². The van der Waals surface area contributed by atoms with Crippen LogP contribution in [0.4, 0.5) is 14.9 Å². The molecule has 3 rings (SSSR count). The number of aromatic hydroxyl groups is 1. The molecule has 0 aliphatic heterocycles. The molecule has 178 valence electrons. The van der Waals surface area contributed by atoms with E-state index in [-0.39, 0.29) is 29.3 Å². The Labute approximate surface area is 197 Å². The van der Waals surface area contributed by atoms with Gasteiger partial charge in [-0.15, -0.1) is 0 Å². The summed E-state index contributed by atoms with van der Waals surface area (Å²) in [5.74, 6) is -0.829. The normalized spacial score (nSPS) is 11.5. The fourth-order valence-corrected chi connectivity index (χ4v) is 3.70. The molecule has 0 aliphatic carbocycles. The van der Waals surface area contributed by atoms with Crippen LogP contribution >= 0.6 is 0 Å². The average molecular weight is 467 g/mol. The lowest BCUT2D eigenvalue weighted by atomic mass is 9.99. The molecule has 7 nitrogen and oxygen atoms in total. The van der Waals surface area contributed by atoms with E-state index in [0.717, 1.165) is 22.1 Å². The molecule has 0 fully saturated rings. The van der Waals surface area contributed by atoms with Gasteiger partial charge in [0.1, 0.15) is 17.3 Å². The third-order valence-electron chi connectivity index (χ3n) is 5.53. The highest BCUT2D eigenvalue weighted by atomic mass is 19.1. The summed E-state index contributed by atoms with van der Waals surface area (Å²) in [6.07, 6.45) is -1.66. The zero-order valence-corrected chi connectivity index (χ0v) is 19.2. The predicted molar refractivity (Wildman–Crippen MR) is 127 cm³/mol. The molecule has 1 atom stereocenters. The largest absolute Gasteiger partial charge is 0.507 e.